The predicted molar refractivity (Wildman–Crippen MR) is 61.9 cm³/mol. The average Bonchev–Trinajstić information content (AvgIpc) is 2.46. The third-order valence-electron chi connectivity index (χ3n) is 1.86. The van der Waals surface area contributed by atoms with Crippen molar-refractivity contribution in [2.75, 3.05) is 0 Å². The van der Waals surface area contributed by atoms with Gasteiger partial charge in [0.05, 0.1) is 6.20 Å². The summed E-state index contributed by atoms with van der Waals surface area (Å²) < 4.78 is 0.666. The number of nitrogens with two attached hydrogens (primary N) is 1. The molecule has 0 fully saturated rings. The minimum Gasteiger partial charge on any atom is -0.370 e. The van der Waals surface area contributed by atoms with Crippen LogP contribution in [0.5, 0.6) is 0 Å². The third kappa shape index (κ3) is 4.59. The Balaban J connectivity index is 2.45. The summed E-state index contributed by atoms with van der Waals surface area (Å²) in [7, 11) is 0. The summed E-state index contributed by atoms with van der Waals surface area (Å²) in [6.45, 7) is 4.44. The number of carbonyl (C=O) groups excluding carboxylic acids is 1. The van der Waals surface area contributed by atoms with Crippen molar-refractivity contribution in [1.82, 2.24) is 10.3 Å². The first-order valence-electron chi connectivity index (χ1n) is 4.52. The van der Waals surface area contributed by atoms with E-state index in [2.05, 4.69) is 10.3 Å². The molecular formula is C9H14ClN3OS. The Hall–Kier alpha value is -0.650. The summed E-state index contributed by atoms with van der Waals surface area (Å²) in [5.41, 5.74) is 4.82. The van der Waals surface area contributed by atoms with Crippen LogP contribution in [0.25, 0.3) is 0 Å². The number of hydrogen-bond acceptors (Lipinski definition) is 4. The van der Waals surface area contributed by atoms with E-state index in [1.54, 1.807) is 6.20 Å². The molecule has 1 amide bonds. The second-order valence-electron chi connectivity index (χ2n) is 3.94. The van der Waals surface area contributed by atoms with Gasteiger partial charge in [-0.05, 0) is 13.8 Å². The van der Waals surface area contributed by atoms with Crippen molar-refractivity contribution in [2.45, 2.75) is 32.4 Å². The number of rotatable bonds is 5. The Labute approximate surface area is 97.8 Å². The molecule has 0 spiro atoms. The summed E-state index contributed by atoms with van der Waals surface area (Å²) in [5.74, 6) is -0.315. The molecule has 0 unspecified atom stereocenters. The lowest BCUT2D eigenvalue weighted by atomic mass is 10.0. The van der Waals surface area contributed by atoms with E-state index < -0.39 is 0 Å². The number of carbonyl (C=O) groups is 1. The van der Waals surface area contributed by atoms with E-state index in [0.29, 0.717) is 17.3 Å². The molecule has 0 aliphatic rings. The first-order chi connectivity index (χ1) is 6.89. The van der Waals surface area contributed by atoms with Crippen molar-refractivity contribution in [3.05, 3.63) is 15.5 Å². The van der Waals surface area contributed by atoms with Crippen LogP contribution in [0.3, 0.4) is 0 Å². The number of halogens is 1. The maximum absolute atomic E-state index is 10.8. The first-order valence-corrected chi connectivity index (χ1v) is 5.72. The van der Waals surface area contributed by atoms with Crippen LogP contribution in [-0.2, 0) is 11.3 Å². The highest BCUT2D eigenvalue weighted by Crippen LogP contribution is 2.19. The van der Waals surface area contributed by atoms with Gasteiger partial charge < -0.3 is 11.1 Å². The van der Waals surface area contributed by atoms with Gasteiger partial charge in [0.15, 0.2) is 0 Å². The lowest BCUT2D eigenvalue weighted by Gasteiger charge is -2.24. The van der Waals surface area contributed by atoms with Gasteiger partial charge in [0.1, 0.15) is 9.34 Å². The van der Waals surface area contributed by atoms with E-state index in [-0.39, 0.29) is 11.4 Å². The van der Waals surface area contributed by atoms with Crippen molar-refractivity contribution in [1.29, 1.82) is 0 Å². The zero-order chi connectivity index (χ0) is 11.5. The summed E-state index contributed by atoms with van der Waals surface area (Å²) >= 11 is 7.17. The second-order valence-corrected chi connectivity index (χ2v) is 5.69. The van der Waals surface area contributed by atoms with E-state index in [4.69, 9.17) is 17.3 Å². The summed E-state index contributed by atoms with van der Waals surface area (Å²) in [4.78, 5) is 14.9. The molecule has 3 N–H and O–H groups in total. The molecule has 0 atom stereocenters. The minimum atomic E-state index is -0.315. The van der Waals surface area contributed by atoms with Crippen LogP contribution in [-0.4, -0.2) is 16.4 Å². The van der Waals surface area contributed by atoms with Crippen LogP contribution in [0.1, 0.15) is 25.3 Å². The highest BCUT2D eigenvalue weighted by Gasteiger charge is 2.20. The number of hydrogen-bond donors (Lipinski definition) is 2. The Morgan fingerprint density at radius 1 is 1.73 bits per heavy atom. The third-order valence-corrected chi connectivity index (χ3v) is 2.97. The molecule has 0 bridgehead atoms. The average molecular weight is 248 g/mol. The van der Waals surface area contributed by atoms with E-state index in [1.807, 2.05) is 13.8 Å². The monoisotopic (exact) mass is 247 g/mol. The lowest BCUT2D eigenvalue weighted by molar-refractivity contribution is -0.119. The van der Waals surface area contributed by atoms with E-state index >= 15 is 0 Å². The summed E-state index contributed by atoms with van der Waals surface area (Å²) in [5, 5.41) is 4.11. The molecule has 0 aromatic carbocycles. The Kier molecular flexibility index (Phi) is 4.07. The van der Waals surface area contributed by atoms with Crippen molar-refractivity contribution in [3.8, 4) is 0 Å². The first kappa shape index (κ1) is 12.4. The largest absolute Gasteiger partial charge is 0.370 e. The Morgan fingerprint density at radius 2 is 2.40 bits per heavy atom. The summed E-state index contributed by atoms with van der Waals surface area (Å²) in [6, 6.07) is 0. The standard InChI is InChI=1S/C9H14ClN3OS/c1-9(2,3-7(11)14)13-5-8-12-4-6(10)15-8/h4,13H,3,5H2,1-2H3,(H2,11,14). The zero-order valence-corrected chi connectivity index (χ0v) is 10.3. The molecular weight excluding hydrogens is 234 g/mol. The number of amides is 1. The molecule has 0 aliphatic heterocycles. The maximum atomic E-state index is 10.8. The highest BCUT2D eigenvalue weighted by molar-refractivity contribution is 7.15. The molecule has 0 saturated carbocycles. The summed E-state index contributed by atoms with van der Waals surface area (Å²) in [6.07, 6.45) is 1.91. The minimum absolute atomic E-state index is 0.298. The molecule has 15 heavy (non-hydrogen) atoms. The fraction of sp³-hybridized carbons (Fsp3) is 0.556. The number of primary amides is 1. The van der Waals surface area contributed by atoms with Crippen LogP contribution >= 0.6 is 22.9 Å². The zero-order valence-electron chi connectivity index (χ0n) is 8.71. The van der Waals surface area contributed by atoms with E-state index in [9.17, 15) is 4.79 Å². The quantitative estimate of drug-likeness (QED) is 0.830. The van der Waals surface area contributed by atoms with E-state index in [1.165, 1.54) is 11.3 Å². The number of nitrogens with one attached hydrogen (secondary N) is 1. The lowest BCUT2D eigenvalue weighted by Crippen LogP contribution is -2.42. The molecule has 0 radical (unpaired) electrons. The van der Waals surface area contributed by atoms with Crippen LogP contribution < -0.4 is 11.1 Å². The maximum Gasteiger partial charge on any atom is 0.219 e. The molecule has 4 nitrogen and oxygen atoms in total. The smallest absolute Gasteiger partial charge is 0.219 e. The second kappa shape index (κ2) is 4.92. The molecule has 0 saturated heterocycles. The van der Waals surface area contributed by atoms with Gasteiger partial charge in [0.25, 0.3) is 0 Å². The van der Waals surface area contributed by atoms with Crippen LogP contribution in [0, 0.1) is 0 Å². The van der Waals surface area contributed by atoms with Crippen LogP contribution in [0.15, 0.2) is 6.20 Å². The van der Waals surface area contributed by atoms with Gasteiger partial charge in [-0.3, -0.25) is 4.79 Å². The van der Waals surface area contributed by atoms with Crippen molar-refractivity contribution >= 4 is 28.8 Å². The fourth-order valence-electron chi connectivity index (χ4n) is 1.18. The fourth-order valence-corrected chi connectivity index (χ4v) is 2.08. The van der Waals surface area contributed by atoms with Crippen LogP contribution in [0.2, 0.25) is 4.34 Å². The molecule has 1 heterocycles. The Morgan fingerprint density at radius 3 is 2.87 bits per heavy atom. The highest BCUT2D eigenvalue weighted by atomic mass is 35.5. The molecule has 1 aromatic heterocycles. The van der Waals surface area contributed by atoms with Gasteiger partial charge in [-0.25, -0.2) is 4.98 Å². The van der Waals surface area contributed by atoms with E-state index in [0.717, 1.165) is 5.01 Å². The van der Waals surface area contributed by atoms with Gasteiger partial charge in [-0.15, -0.1) is 11.3 Å². The molecule has 1 aromatic rings. The van der Waals surface area contributed by atoms with Gasteiger partial charge in [0, 0.05) is 18.5 Å². The molecule has 0 aliphatic carbocycles. The molecule has 84 valence electrons. The normalized spacial score (nSPS) is 11.7. The Bertz CT molecular complexity index is 351. The van der Waals surface area contributed by atoms with Crippen molar-refractivity contribution in [2.24, 2.45) is 5.73 Å². The van der Waals surface area contributed by atoms with Gasteiger partial charge in [0.2, 0.25) is 5.91 Å². The number of aromatic nitrogens is 1. The molecule has 1 rings (SSSR count). The number of nitrogens with zero attached hydrogens (tertiary/aromatic N) is 1. The molecule has 6 heteroatoms. The topological polar surface area (TPSA) is 68.0 Å². The van der Waals surface area contributed by atoms with Crippen molar-refractivity contribution < 1.29 is 4.79 Å². The number of thiazole rings is 1. The van der Waals surface area contributed by atoms with Gasteiger partial charge in [-0.2, -0.15) is 0 Å². The van der Waals surface area contributed by atoms with Crippen molar-refractivity contribution in [3.63, 3.8) is 0 Å². The van der Waals surface area contributed by atoms with Gasteiger partial charge in [-0.1, -0.05) is 11.6 Å². The predicted octanol–water partition coefficient (Wildman–Crippen LogP) is 1.54. The van der Waals surface area contributed by atoms with Gasteiger partial charge >= 0.3 is 0 Å². The van der Waals surface area contributed by atoms with Crippen LogP contribution in [0.4, 0.5) is 0 Å². The SMILES string of the molecule is CC(C)(CC(N)=O)NCc1ncc(Cl)s1.